The van der Waals surface area contributed by atoms with Gasteiger partial charge in [-0.15, -0.1) is 0 Å². The molecule has 3 nitrogen and oxygen atoms in total. The zero-order chi connectivity index (χ0) is 13.3. The van der Waals surface area contributed by atoms with Gasteiger partial charge in [-0.2, -0.15) is 0 Å². The van der Waals surface area contributed by atoms with Crippen molar-refractivity contribution < 1.29 is 23.1 Å². The van der Waals surface area contributed by atoms with E-state index in [2.05, 4.69) is 5.32 Å². The van der Waals surface area contributed by atoms with Crippen molar-refractivity contribution in [2.45, 2.75) is 18.8 Å². The Morgan fingerprint density at radius 2 is 2.06 bits per heavy atom. The summed E-state index contributed by atoms with van der Waals surface area (Å²) >= 11 is 0. The molecule has 0 spiro atoms. The van der Waals surface area contributed by atoms with Crippen molar-refractivity contribution in [3.05, 3.63) is 34.6 Å². The van der Waals surface area contributed by atoms with Gasteiger partial charge in [0.15, 0.2) is 11.6 Å². The van der Waals surface area contributed by atoms with Gasteiger partial charge in [0.25, 0.3) is 0 Å². The fraction of sp³-hybridized carbons (Fsp3) is 0.417. The molecule has 0 amide bonds. The zero-order valence-corrected chi connectivity index (χ0v) is 9.47. The van der Waals surface area contributed by atoms with Crippen molar-refractivity contribution in [1.29, 1.82) is 0 Å². The van der Waals surface area contributed by atoms with Gasteiger partial charge in [-0.25, -0.2) is 18.0 Å². The number of carboxylic acid groups (broad SMARTS) is 1. The van der Waals surface area contributed by atoms with Crippen LogP contribution in [0.3, 0.4) is 0 Å². The highest BCUT2D eigenvalue weighted by atomic mass is 19.2. The van der Waals surface area contributed by atoms with Crippen molar-refractivity contribution in [2.75, 3.05) is 13.1 Å². The SMILES string of the molecule is O=C(O)c1c(F)cc(C2CCCNC2)c(F)c1F. The molecule has 0 aromatic heterocycles. The molecule has 0 aliphatic carbocycles. The van der Waals surface area contributed by atoms with E-state index in [0.29, 0.717) is 13.0 Å². The number of piperidine rings is 1. The molecule has 1 saturated heterocycles. The number of nitrogens with one attached hydrogen (secondary N) is 1. The number of hydrogen-bond acceptors (Lipinski definition) is 2. The van der Waals surface area contributed by atoms with E-state index in [-0.39, 0.29) is 11.5 Å². The van der Waals surface area contributed by atoms with E-state index in [4.69, 9.17) is 5.11 Å². The maximum Gasteiger partial charge on any atom is 0.341 e. The van der Waals surface area contributed by atoms with Gasteiger partial charge in [-0.1, -0.05) is 0 Å². The second-order valence-corrected chi connectivity index (χ2v) is 4.30. The summed E-state index contributed by atoms with van der Waals surface area (Å²) in [5.41, 5.74) is -1.33. The topological polar surface area (TPSA) is 49.3 Å². The Labute approximate surface area is 102 Å². The van der Waals surface area contributed by atoms with Gasteiger partial charge >= 0.3 is 5.97 Å². The Hall–Kier alpha value is -1.56. The molecule has 0 bridgehead atoms. The van der Waals surface area contributed by atoms with Crippen LogP contribution in [0.15, 0.2) is 6.07 Å². The molecule has 1 aromatic carbocycles. The summed E-state index contributed by atoms with van der Waals surface area (Å²) in [6.45, 7) is 1.22. The second-order valence-electron chi connectivity index (χ2n) is 4.30. The van der Waals surface area contributed by atoms with Crippen LogP contribution in [0.5, 0.6) is 0 Å². The fourth-order valence-electron chi connectivity index (χ4n) is 2.22. The third kappa shape index (κ3) is 2.20. The van der Waals surface area contributed by atoms with Gasteiger partial charge in [-0.3, -0.25) is 0 Å². The van der Waals surface area contributed by atoms with E-state index in [1.807, 2.05) is 0 Å². The van der Waals surface area contributed by atoms with Crippen LogP contribution < -0.4 is 5.32 Å². The average Bonchev–Trinajstić information content (AvgIpc) is 2.34. The lowest BCUT2D eigenvalue weighted by molar-refractivity contribution is 0.0685. The Kier molecular flexibility index (Phi) is 3.56. The summed E-state index contributed by atoms with van der Waals surface area (Å²) in [4.78, 5) is 10.6. The largest absolute Gasteiger partial charge is 0.477 e. The molecule has 1 atom stereocenters. The Bertz CT molecular complexity index is 485. The molecule has 1 heterocycles. The first kappa shape index (κ1) is 12.9. The summed E-state index contributed by atoms with van der Waals surface area (Å²) in [6, 6.07) is 0.791. The first-order valence-electron chi connectivity index (χ1n) is 5.63. The van der Waals surface area contributed by atoms with Gasteiger partial charge in [0.1, 0.15) is 11.4 Å². The predicted octanol–water partition coefficient (Wildman–Crippen LogP) is 2.27. The summed E-state index contributed by atoms with van der Waals surface area (Å²) in [7, 11) is 0. The molecule has 1 aliphatic rings. The summed E-state index contributed by atoms with van der Waals surface area (Å²) in [5.74, 6) is -6.25. The molecular formula is C12H12F3NO2. The first-order chi connectivity index (χ1) is 8.52. The molecule has 6 heteroatoms. The van der Waals surface area contributed by atoms with Crippen LogP contribution in [-0.4, -0.2) is 24.2 Å². The monoisotopic (exact) mass is 259 g/mol. The first-order valence-corrected chi connectivity index (χ1v) is 5.63. The molecule has 0 radical (unpaired) electrons. The Morgan fingerprint density at radius 3 is 2.61 bits per heavy atom. The van der Waals surface area contributed by atoms with Crippen molar-refractivity contribution in [1.82, 2.24) is 5.32 Å². The second kappa shape index (κ2) is 4.97. The normalized spacial score (nSPS) is 19.8. The molecule has 0 saturated carbocycles. The van der Waals surface area contributed by atoms with Crippen LogP contribution in [0.2, 0.25) is 0 Å². The number of aromatic carboxylic acids is 1. The third-order valence-corrected chi connectivity index (χ3v) is 3.14. The lowest BCUT2D eigenvalue weighted by atomic mass is 9.90. The fourth-order valence-corrected chi connectivity index (χ4v) is 2.22. The molecule has 18 heavy (non-hydrogen) atoms. The number of benzene rings is 1. The van der Waals surface area contributed by atoms with Gasteiger partial charge in [-0.05, 0) is 36.9 Å². The lowest BCUT2D eigenvalue weighted by Gasteiger charge is -2.24. The molecule has 1 aromatic rings. The van der Waals surface area contributed by atoms with Crippen LogP contribution in [0, 0.1) is 17.5 Å². The average molecular weight is 259 g/mol. The Balaban J connectivity index is 2.46. The molecule has 1 fully saturated rings. The van der Waals surface area contributed by atoms with Crippen LogP contribution in [-0.2, 0) is 0 Å². The van der Waals surface area contributed by atoms with E-state index in [1.165, 1.54) is 0 Å². The van der Waals surface area contributed by atoms with E-state index in [0.717, 1.165) is 19.0 Å². The van der Waals surface area contributed by atoms with Crippen molar-refractivity contribution in [3.63, 3.8) is 0 Å². The number of rotatable bonds is 2. The lowest BCUT2D eigenvalue weighted by Crippen LogP contribution is -2.29. The maximum absolute atomic E-state index is 13.8. The van der Waals surface area contributed by atoms with Crippen LogP contribution >= 0.6 is 0 Å². The standard InChI is InChI=1S/C12H12F3NO2/c13-8-4-7(6-2-1-3-16-5-6)10(14)11(15)9(8)12(17)18/h4,6,16H,1-3,5H2,(H,17,18). The summed E-state index contributed by atoms with van der Waals surface area (Å²) in [6.07, 6.45) is 1.41. The third-order valence-electron chi connectivity index (χ3n) is 3.14. The molecule has 98 valence electrons. The molecule has 1 aliphatic heterocycles. The van der Waals surface area contributed by atoms with Crippen LogP contribution in [0.4, 0.5) is 13.2 Å². The molecule has 2 rings (SSSR count). The summed E-state index contributed by atoms with van der Waals surface area (Å²) < 4.78 is 40.8. The minimum absolute atomic E-state index is 0.0952. The highest BCUT2D eigenvalue weighted by Gasteiger charge is 2.27. The minimum atomic E-state index is -1.81. The van der Waals surface area contributed by atoms with E-state index in [9.17, 15) is 18.0 Å². The van der Waals surface area contributed by atoms with E-state index >= 15 is 0 Å². The summed E-state index contributed by atoms with van der Waals surface area (Å²) in [5, 5.41) is 11.6. The zero-order valence-electron chi connectivity index (χ0n) is 9.47. The molecule has 2 N–H and O–H groups in total. The van der Waals surface area contributed by atoms with Crippen molar-refractivity contribution >= 4 is 5.97 Å². The van der Waals surface area contributed by atoms with Gasteiger partial charge in [0.05, 0.1) is 0 Å². The van der Waals surface area contributed by atoms with Gasteiger partial charge in [0, 0.05) is 6.54 Å². The van der Waals surface area contributed by atoms with Crippen molar-refractivity contribution in [2.24, 2.45) is 0 Å². The highest BCUT2D eigenvalue weighted by Crippen LogP contribution is 2.29. The van der Waals surface area contributed by atoms with Gasteiger partial charge < -0.3 is 10.4 Å². The number of hydrogen-bond donors (Lipinski definition) is 2. The van der Waals surface area contributed by atoms with Crippen LogP contribution in [0.1, 0.15) is 34.7 Å². The van der Waals surface area contributed by atoms with Gasteiger partial charge in [0.2, 0.25) is 0 Å². The minimum Gasteiger partial charge on any atom is -0.477 e. The molecular weight excluding hydrogens is 247 g/mol. The van der Waals surface area contributed by atoms with E-state index < -0.39 is 29.0 Å². The smallest absolute Gasteiger partial charge is 0.341 e. The number of halogens is 3. The maximum atomic E-state index is 13.8. The Morgan fingerprint density at radius 1 is 1.33 bits per heavy atom. The predicted molar refractivity (Wildman–Crippen MR) is 58.1 cm³/mol. The van der Waals surface area contributed by atoms with Crippen molar-refractivity contribution in [3.8, 4) is 0 Å². The van der Waals surface area contributed by atoms with E-state index in [1.54, 1.807) is 0 Å². The quantitative estimate of drug-likeness (QED) is 0.801. The number of carboxylic acids is 1. The molecule has 1 unspecified atom stereocenters. The highest BCUT2D eigenvalue weighted by molar-refractivity contribution is 5.88. The number of carbonyl (C=O) groups is 1. The van der Waals surface area contributed by atoms with Crippen LogP contribution in [0.25, 0.3) is 0 Å².